The number of carbonyl (C=O) groups excluding carboxylic acids is 1. The van der Waals surface area contributed by atoms with Crippen LogP contribution in [0.4, 0.5) is 4.39 Å². The molecular formula is C19H19FN2O2. The SMILES string of the molecule is COc1ccc(CCC(=O)NC(C)c2ccc(C#N)cc2)cc1F. The van der Waals surface area contributed by atoms with E-state index in [4.69, 9.17) is 10.00 Å². The van der Waals surface area contributed by atoms with Gasteiger partial charge in [0.2, 0.25) is 5.91 Å². The Hall–Kier alpha value is -2.87. The van der Waals surface area contributed by atoms with Crippen LogP contribution in [0, 0.1) is 17.1 Å². The first-order valence-corrected chi connectivity index (χ1v) is 7.65. The lowest BCUT2D eigenvalue weighted by molar-refractivity contribution is -0.121. The van der Waals surface area contributed by atoms with Crippen molar-refractivity contribution in [3.63, 3.8) is 0 Å². The fraction of sp³-hybridized carbons (Fsp3) is 0.263. The maximum Gasteiger partial charge on any atom is 0.220 e. The van der Waals surface area contributed by atoms with E-state index < -0.39 is 5.82 Å². The lowest BCUT2D eigenvalue weighted by Crippen LogP contribution is -2.26. The molecule has 0 aromatic heterocycles. The molecule has 1 unspecified atom stereocenters. The maximum absolute atomic E-state index is 13.6. The molecule has 0 aliphatic heterocycles. The fourth-order valence-corrected chi connectivity index (χ4v) is 2.37. The monoisotopic (exact) mass is 326 g/mol. The van der Waals surface area contributed by atoms with Crippen molar-refractivity contribution in [2.45, 2.75) is 25.8 Å². The van der Waals surface area contributed by atoms with Gasteiger partial charge in [0.15, 0.2) is 11.6 Å². The first-order chi connectivity index (χ1) is 11.5. The molecule has 1 N–H and O–H groups in total. The predicted octanol–water partition coefficient (Wildman–Crippen LogP) is 3.52. The lowest BCUT2D eigenvalue weighted by atomic mass is 10.1. The first-order valence-electron chi connectivity index (χ1n) is 7.65. The largest absolute Gasteiger partial charge is 0.494 e. The Balaban J connectivity index is 1.88. The van der Waals surface area contributed by atoms with Gasteiger partial charge >= 0.3 is 0 Å². The highest BCUT2D eigenvalue weighted by molar-refractivity contribution is 5.76. The Kier molecular flexibility index (Phi) is 5.91. The summed E-state index contributed by atoms with van der Waals surface area (Å²) in [5.74, 6) is -0.345. The summed E-state index contributed by atoms with van der Waals surface area (Å²) in [6.45, 7) is 1.88. The van der Waals surface area contributed by atoms with Crippen LogP contribution in [0.15, 0.2) is 42.5 Å². The number of nitriles is 1. The zero-order chi connectivity index (χ0) is 17.5. The van der Waals surface area contributed by atoms with Gasteiger partial charge in [0.05, 0.1) is 24.8 Å². The van der Waals surface area contributed by atoms with Crippen molar-refractivity contribution in [3.05, 3.63) is 65.0 Å². The number of nitrogens with zero attached hydrogens (tertiary/aromatic N) is 1. The molecule has 0 aliphatic carbocycles. The van der Waals surface area contributed by atoms with Gasteiger partial charge in [-0.3, -0.25) is 4.79 Å². The summed E-state index contributed by atoms with van der Waals surface area (Å²) < 4.78 is 18.5. The van der Waals surface area contributed by atoms with Gasteiger partial charge in [-0.1, -0.05) is 18.2 Å². The molecule has 0 radical (unpaired) electrons. The zero-order valence-electron chi connectivity index (χ0n) is 13.7. The first kappa shape index (κ1) is 17.5. The summed E-state index contributed by atoms with van der Waals surface area (Å²) in [7, 11) is 1.41. The smallest absolute Gasteiger partial charge is 0.220 e. The summed E-state index contributed by atoms with van der Waals surface area (Å²) in [5, 5.41) is 11.7. The van der Waals surface area contributed by atoms with Crippen LogP contribution in [0.5, 0.6) is 5.75 Å². The van der Waals surface area contributed by atoms with Crippen LogP contribution >= 0.6 is 0 Å². The van der Waals surface area contributed by atoms with Crippen molar-refractivity contribution in [1.82, 2.24) is 5.32 Å². The second-order valence-corrected chi connectivity index (χ2v) is 5.49. The number of aryl methyl sites for hydroxylation is 1. The molecule has 5 heteroatoms. The van der Waals surface area contributed by atoms with Crippen LogP contribution in [0.2, 0.25) is 0 Å². The number of amides is 1. The van der Waals surface area contributed by atoms with Crippen molar-refractivity contribution in [2.75, 3.05) is 7.11 Å². The van der Waals surface area contributed by atoms with Crippen LogP contribution in [-0.2, 0) is 11.2 Å². The quantitative estimate of drug-likeness (QED) is 0.883. The minimum absolute atomic E-state index is 0.108. The van der Waals surface area contributed by atoms with Crippen molar-refractivity contribution < 1.29 is 13.9 Å². The Bertz CT molecular complexity index is 751. The number of carbonyl (C=O) groups is 1. The minimum Gasteiger partial charge on any atom is -0.494 e. The van der Waals surface area contributed by atoms with Crippen molar-refractivity contribution in [3.8, 4) is 11.8 Å². The van der Waals surface area contributed by atoms with Crippen molar-refractivity contribution >= 4 is 5.91 Å². The molecule has 0 heterocycles. The van der Waals surface area contributed by atoms with Gasteiger partial charge in [0.25, 0.3) is 0 Å². The van der Waals surface area contributed by atoms with E-state index >= 15 is 0 Å². The van der Waals surface area contributed by atoms with E-state index in [0.29, 0.717) is 12.0 Å². The Labute approximate surface area is 140 Å². The van der Waals surface area contributed by atoms with Gasteiger partial charge in [0.1, 0.15) is 0 Å². The van der Waals surface area contributed by atoms with Crippen LogP contribution in [0.3, 0.4) is 0 Å². The van der Waals surface area contributed by atoms with Gasteiger partial charge in [-0.05, 0) is 48.7 Å². The second-order valence-electron chi connectivity index (χ2n) is 5.49. The van der Waals surface area contributed by atoms with Gasteiger partial charge in [-0.25, -0.2) is 4.39 Å². The summed E-state index contributed by atoms with van der Waals surface area (Å²) in [6, 6.07) is 13.7. The van der Waals surface area contributed by atoms with Crippen LogP contribution in [-0.4, -0.2) is 13.0 Å². The van der Waals surface area contributed by atoms with Crippen molar-refractivity contribution in [2.24, 2.45) is 0 Å². The van der Waals surface area contributed by atoms with Gasteiger partial charge in [-0.15, -0.1) is 0 Å². The molecule has 0 aliphatic rings. The molecule has 124 valence electrons. The number of halogens is 1. The molecule has 2 rings (SSSR count). The van der Waals surface area contributed by atoms with E-state index in [1.807, 2.05) is 19.1 Å². The number of methoxy groups -OCH3 is 1. The van der Waals surface area contributed by atoms with E-state index in [9.17, 15) is 9.18 Å². The number of benzene rings is 2. The van der Waals surface area contributed by atoms with Crippen LogP contribution < -0.4 is 10.1 Å². The minimum atomic E-state index is -0.429. The number of ether oxygens (including phenoxy) is 1. The van der Waals surface area contributed by atoms with E-state index in [2.05, 4.69) is 11.4 Å². The van der Waals surface area contributed by atoms with E-state index in [-0.39, 0.29) is 24.1 Å². The average Bonchev–Trinajstić information content (AvgIpc) is 2.60. The van der Waals surface area contributed by atoms with Crippen molar-refractivity contribution in [1.29, 1.82) is 5.26 Å². The highest BCUT2D eigenvalue weighted by Gasteiger charge is 2.10. The van der Waals surface area contributed by atoms with Crippen LogP contribution in [0.1, 0.15) is 36.1 Å². The standard InChI is InChI=1S/C19H19FN2O2/c1-13(16-7-3-15(12-21)4-8-16)22-19(23)10-6-14-5-9-18(24-2)17(20)11-14/h3-5,7-9,11,13H,6,10H2,1-2H3,(H,22,23). The van der Waals surface area contributed by atoms with E-state index in [1.54, 1.807) is 24.3 Å². The number of hydrogen-bond donors (Lipinski definition) is 1. The average molecular weight is 326 g/mol. The number of rotatable bonds is 6. The van der Waals surface area contributed by atoms with Crippen LogP contribution in [0.25, 0.3) is 0 Å². The lowest BCUT2D eigenvalue weighted by Gasteiger charge is -2.14. The topological polar surface area (TPSA) is 62.1 Å². The third kappa shape index (κ3) is 4.56. The highest BCUT2D eigenvalue weighted by atomic mass is 19.1. The Morgan fingerprint density at radius 3 is 2.58 bits per heavy atom. The number of hydrogen-bond acceptors (Lipinski definition) is 3. The fourth-order valence-electron chi connectivity index (χ4n) is 2.37. The van der Waals surface area contributed by atoms with E-state index in [0.717, 1.165) is 11.1 Å². The molecule has 24 heavy (non-hydrogen) atoms. The van der Waals surface area contributed by atoms with E-state index in [1.165, 1.54) is 13.2 Å². The molecule has 0 bridgehead atoms. The summed E-state index contributed by atoms with van der Waals surface area (Å²) in [5.41, 5.74) is 2.26. The molecule has 0 fully saturated rings. The van der Waals surface area contributed by atoms with Gasteiger partial charge < -0.3 is 10.1 Å². The third-order valence-electron chi connectivity index (χ3n) is 3.77. The normalized spacial score (nSPS) is 11.4. The summed E-state index contributed by atoms with van der Waals surface area (Å²) in [4.78, 5) is 12.0. The molecule has 0 spiro atoms. The molecule has 2 aromatic carbocycles. The van der Waals surface area contributed by atoms with Gasteiger partial charge in [-0.2, -0.15) is 5.26 Å². The molecule has 1 atom stereocenters. The Morgan fingerprint density at radius 2 is 2.00 bits per heavy atom. The predicted molar refractivity (Wildman–Crippen MR) is 89.0 cm³/mol. The number of nitrogens with one attached hydrogen (secondary N) is 1. The summed E-state index contributed by atoms with van der Waals surface area (Å²) >= 11 is 0. The second kappa shape index (κ2) is 8.11. The molecule has 4 nitrogen and oxygen atoms in total. The molecule has 0 saturated heterocycles. The zero-order valence-corrected chi connectivity index (χ0v) is 13.7. The molecule has 2 aromatic rings. The third-order valence-corrected chi connectivity index (χ3v) is 3.77. The van der Waals surface area contributed by atoms with Gasteiger partial charge in [0, 0.05) is 6.42 Å². The molecule has 1 amide bonds. The highest BCUT2D eigenvalue weighted by Crippen LogP contribution is 2.19. The molecular weight excluding hydrogens is 307 g/mol. The molecule has 0 saturated carbocycles. The Morgan fingerprint density at radius 1 is 1.29 bits per heavy atom. The summed E-state index contributed by atoms with van der Waals surface area (Å²) in [6.07, 6.45) is 0.721. The maximum atomic E-state index is 13.6.